The average Bonchev–Trinajstić information content (AvgIpc) is 2.37. The topological polar surface area (TPSA) is 44.8 Å². The summed E-state index contributed by atoms with van der Waals surface area (Å²) in [4.78, 5) is 0. The third kappa shape index (κ3) is 2.86. The molecule has 114 valence electrons. The minimum Gasteiger partial charge on any atom is -0.396 e. The predicted octanol–water partition coefficient (Wildman–Crippen LogP) is 3.23. The van der Waals surface area contributed by atoms with Crippen molar-refractivity contribution in [3.05, 3.63) is 0 Å². The molecule has 0 amide bonds. The Kier molecular flexibility index (Phi) is 5.85. The second kappa shape index (κ2) is 6.40. The fourth-order valence-electron chi connectivity index (χ4n) is 3.79. The number of rotatable bonds is 6. The van der Waals surface area contributed by atoms with Gasteiger partial charge in [0.05, 0.1) is 7.14 Å². The summed E-state index contributed by atoms with van der Waals surface area (Å²) in [6, 6.07) is 0.921. The van der Waals surface area contributed by atoms with Gasteiger partial charge in [0.25, 0.3) is 0 Å². The van der Waals surface area contributed by atoms with Crippen LogP contribution < -0.4 is 0 Å². The number of ether oxygens (including phenoxy) is 1. The maximum absolute atomic E-state index is 12.8. The molecular formula is C13H29O4PSi. The lowest BCUT2D eigenvalue weighted by Crippen LogP contribution is -2.70. The van der Waals surface area contributed by atoms with E-state index < -0.39 is 20.9 Å². The van der Waals surface area contributed by atoms with E-state index in [1.54, 1.807) is 21.3 Å². The van der Waals surface area contributed by atoms with Crippen LogP contribution in [-0.2, 0) is 18.2 Å². The molecule has 6 heteroatoms. The van der Waals surface area contributed by atoms with Crippen LogP contribution in [0.15, 0.2) is 0 Å². The summed E-state index contributed by atoms with van der Waals surface area (Å²) in [7, 11) is 0.402. The van der Waals surface area contributed by atoms with E-state index in [0.29, 0.717) is 0 Å². The molecule has 0 N–H and O–H groups in total. The van der Waals surface area contributed by atoms with E-state index in [1.165, 1.54) is 0 Å². The summed E-state index contributed by atoms with van der Waals surface area (Å²) >= 11 is 0. The van der Waals surface area contributed by atoms with Crippen molar-refractivity contribution in [2.45, 2.75) is 49.5 Å². The molecule has 1 saturated heterocycles. The molecule has 0 aromatic rings. The van der Waals surface area contributed by atoms with Crippen LogP contribution in [0.2, 0.25) is 6.04 Å². The van der Waals surface area contributed by atoms with Gasteiger partial charge in [0.15, 0.2) is 0 Å². The van der Waals surface area contributed by atoms with Crippen molar-refractivity contribution in [3.63, 3.8) is 0 Å². The summed E-state index contributed by atoms with van der Waals surface area (Å²) in [5.41, 5.74) is 0.0465. The molecule has 0 aliphatic carbocycles. The van der Waals surface area contributed by atoms with Gasteiger partial charge in [-0.05, 0) is 32.2 Å². The summed E-state index contributed by atoms with van der Waals surface area (Å²) < 4.78 is 30.5. The highest BCUT2D eigenvalue weighted by Gasteiger charge is 2.65. The van der Waals surface area contributed by atoms with Gasteiger partial charge in [-0.1, -0.05) is 19.8 Å². The first-order chi connectivity index (χ1) is 8.83. The lowest BCUT2D eigenvalue weighted by atomic mass is 10.1. The van der Waals surface area contributed by atoms with Gasteiger partial charge in [-0.3, -0.25) is 0 Å². The number of hydrogen-bond donors (Lipinski definition) is 0. The van der Waals surface area contributed by atoms with Gasteiger partial charge in [0.2, 0.25) is 0 Å². The number of hydrogen-bond acceptors (Lipinski definition) is 4. The Balaban J connectivity index is 3.36. The molecule has 0 saturated carbocycles. The second-order valence-corrected chi connectivity index (χ2v) is 13.0. The molecule has 0 radical (unpaired) electrons. The van der Waals surface area contributed by atoms with E-state index in [2.05, 4.69) is 6.92 Å². The Morgan fingerprint density at radius 3 is 2.21 bits per heavy atom. The summed E-state index contributed by atoms with van der Waals surface area (Å²) in [5.74, 6) is 0. The average molecular weight is 308 g/mol. The zero-order valence-corrected chi connectivity index (χ0v) is 15.1. The first kappa shape index (κ1) is 17.4. The van der Waals surface area contributed by atoms with Crippen molar-refractivity contribution in [2.75, 3.05) is 34.7 Å². The fourth-order valence-corrected chi connectivity index (χ4v) is 11.3. The quantitative estimate of drug-likeness (QED) is 0.558. The van der Waals surface area contributed by atoms with Crippen LogP contribution in [0.5, 0.6) is 0 Å². The van der Waals surface area contributed by atoms with Gasteiger partial charge in [0.1, 0.15) is 5.22 Å². The van der Waals surface area contributed by atoms with Crippen LogP contribution >= 0.6 is 7.14 Å². The van der Waals surface area contributed by atoms with Crippen molar-refractivity contribution in [1.82, 2.24) is 0 Å². The van der Waals surface area contributed by atoms with Crippen molar-refractivity contribution < 1.29 is 18.2 Å². The van der Waals surface area contributed by atoms with Crippen molar-refractivity contribution in [3.8, 4) is 0 Å². The maximum Gasteiger partial charge on any atom is 0.371 e. The summed E-state index contributed by atoms with van der Waals surface area (Å²) in [6.07, 6.45) is 3.79. The lowest BCUT2D eigenvalue weighted by molar-refractivity contribution is -0.0123. The van der Waals surface area contributed by atoms with E-state index in [4.69, 9.17) is 13.6 Å². The first-order valence-corrected chi connectivity index (χ1v) is 11.7. The Hall–Kier alpha value is 0.327. The molecule has 0 aromatic heterocycles. The standard InChI is InChI=1S/C13H29O4PSi/c1-7-10-13(15-2)12(18(5,6)14)9-8-11-19(13,16-3)17-4/h12H,7-11H2,1-6H3. The van der Waals surface area contributed by atoms with Gasteiger partial charge in [-0.15, -0.1) is 0 Å². The molecule has 0 spiro atoms. The SMILES string of the molecule is CCCC1(OC)C(P(C)(C)=O)CCC[Si]1(OC)OC. The highest BCUT2D eigenvalue weighted by Crippen LogP contribution is 2.58. The van der Waals surface area contributed by atoms with Gasteiger partial charge in [0, 0.05) is 27.0 Å². The largest absolute Gasteiger partial charge is 0.396 e. The first-order valence-electron chi connectivity index (χ1n) is 7.03. The Bertz CT molecular complexity index is 340. The molecule has 1 rings (SSSR count). The fraction of sp³-hybridized carbons (Fsp3) is 1.00. The van der Waals surface area contributed by atoms with Crippen molar-refractivity contribution in [1.29, 1.82) is 0 Å². The van der Waals surface area contributed by atoms with Crippen LogP contribution in [0, 0.1) is 0 Å². The molecular weight excluding hydrogens is 279 g/mol. The molecule has 1 aliphatic rings. The third-order valence-electron chi connectivity index (χ3n) is 4.56. The second-order valence-electron chi connectivity index (χ2n) is 5.85. The molecule has 0 aromatic carbocycles. The maximum atomic E-state index is 12.8. The Labute approximate surface area is 118 Å². The zero-order chi connectivity index (χ0) is 14.7. The minimum atomic E-state index is -2.50. The van der Waals surface area contributed by atoms with Gasteiger partial charge >= 0.3 is 8.56 Å². The normalized spacial score (nSPS) is 31.4. The van der Waals surface area contributed by atoms with Gasteiger partial charge in [-0.25, -0.2) is 0 Å². The summed E-state index contributed by atoms with van der Waals surface area (Å²) in [6.45, 7) is 5.88. The van der Waals surface area contributed by atoms with Gasteiger partial charge in [-0.2, -0.15) is 0 Å². The molecule has 0 bridgehead atoms. The van der Waals surface area contributed by atoms with Crippen LogP contribution in [-0.4, -0.2) is 54.1 Å². The van der Waals surface area contributed by atoms with Crippen LogP contribution in [0.1, 0.15) is 32.6 Å². The molecule has 1 aliphatic heterocycles. The van der Waals surface area contributed by atoms with E-state index in [-0.39, 0.29) is 5.66 Å². The third-order valence-corrected chi connectivity index (χ3v) is 11.4. The predicted molar refractivity (Wildman–Crippen MR) is 81.7 cm³/mol. The van der Waals surface area contributed by atoms with Crippen LogP contribution in [0.25, 0.3) is 0 Å². The molecule has 1 heterocycles. The molecule has 1 fully saturated rings. The highest BCUT2D eigenvalue weighted by molar-refractivity contribution is 7.63. The van der Waals surface area contributed by atoms with E-state index >= 15 is 0 Å². The number of methoxy groups -OCH3 is 1. The molecule has 2 unspecified atom stereocenters. The van der Waals surface area contributed by atoms with E-state index in [0.717, 1.165) is 31.7 Å². The zero-order valence-electron chi connectivity index (χ0n) is 13.2. The van der Waals surface area contributed by atoms with Gasteiger partial charge < -0.3 is 18.2 Å². The highest BCUT2D eigenvalue weighted by atomic mass is 31.2. The van der Waals surface area contributed by atoms with E-state index in [1.807, 2.05) is 13.3 Å². The van der Waals surface area contributed by atoms with Crippen molar-refractivity contribution >= 4 is 15.7 Å². The van der Waals surface area contributed by atoms with E-state index in [9.17, 15) is 4.57 Å². The lowest BCUT2D eigenvalue weighted by Gasteiger charge is -2.53. The molecule has 2 atom stereocenters. The van der Waals surface area contributed by atoms with Crippen LogP contribution in [0.4, 0.5) is 0 Å². The molecule has 4 nitrogen and oxygen atoms in total. The Morgan fingerprint density at radius 2 is 1.84 bits per heavy atom. The van der Waals surface area contributed by atoms with Crippen molar-refractivity contribution in [2.24, 2.45) is 0 Å². The molecule has 19 heavy (non-hydrogen) atoms. The Morgan fingerprint density at radius 1 is 1.26 bits per heavy atom. The minimum absolute atomic E-state index is 0.0465. The monoisotopic (exact) mass is 308 g/mol. The smallest absolute Gasteiger partial charge is 0.371 e. The summed E-state index contributed by atoms with van der Waals surface area (Å²) in [5, 5.41) is -0.484. The van der Waals surface area contributed by atoms with Crippen LogP contribution in [0.3, 0.4) is 0 Å².